The molecule has 0 saturated heterocycles. The molecule has 0 atom stereocenters. The Hall–Kier alpha value is -0.650. The Morgan fingerprint density at radius 3 is 2.00 bits per heavy atom. The van der Waals surface area contributed by atoms with Crippen molar-refractivity contribution < 1.29 is 20.1 Å². The Balaban J connectivity index is 0. The van der Waals surface area contributed by atoms with Crippen LogP contribution in [0, 0.1) is 0 Å². The molecule has 0 aliphatic carbocycles. The smallest absolute Gasteiger partial charge is 0.303 e. The van der Waals surface area contributed by atoms with Gasteiger partial charge in [0.05, 0.1) is 13.2 Å². The number of aliphatic hydroxyl groups excluding tert-OH is 2. The summed E-state index contributed by atoms with van der Waals surface area (Å²) >= 11 is 0. The zero-order chi connectivity index (χ0) is 11.9. The van der Waals surface area contributed by atoms with Gasteiger partial charge in [0.2, 0.25) is 0 Å². The Morgan fingerprint density at radius 1 is 1.13 bits per heavy atom. The second-order valence-corrected chi connectivity index (χ2v) is 3.05. The third-order valence-corrected chi connectivity index (χ3v) is 1.57. The molecule has 5 nitrogen and oxygen atoms in total. The van der Waals surface area contributed by atoms with Crippen molar-refractivity contribution in [3.8, 4) is 0 Å². The van der Waals surface area contributed by atoms with E-state index in [1.807, 2.05) is 0 Å². The van der Waals surface area contributed by atoms with Crippen molar-refractivity contribution in [1.29, 1.82) is 0 Å². The van der Waals surface area contributed by atoms with Gasteiger partial charge in [0.25, 0.3) is 0 Å². The van der Waals surface area contributed by atoms with Crippen molar-refractivity contribution in [2.45, 2.75) is 32.6 Å². The molecular weight excluding hydrogens is 198 g/mol. The van der Waals surface area contributed by atoms with Gasteiger partial charge >= 0.3 is 5.97 Å². The second kappa shape index (κ2) is 15.8. The van der Waals surface area contributed by atoms with Gasteiger partial charge in [-0.2, -0.15) is 0 Å². The number of carboxylic acids is 1. The number of unbranched alkanes of at least 4 members (excludes halogenated alkanes) is 2. The van der Waals surface area contributed by atoms with Crippen LogP contribution in [0.25, 0.3) is 0 Å². The van der Waals surface area contributed by atoms with Crippen molar-refractivity contribution in [3.63, 3.8) is 0 Å². The van der Waals surface area contributed by atoms with E-state index in [0.29, 0.717) is 19.5 Å². The number of carboxylic acid groups (broad SMARTS) is 1. The van der Waals surface area contributed by atoms with E-state index in [-0.39, 0.29) is 13.2 Å². The van der Waals surface area contributed by atoms with E-state index in [0.717, 1.165) is 19.3 Å². The highest BCUT2D eigenvalue weighted by molar-refractivity contribution is 5.66. The van der Waals surface area contributed by atoms with E-state index >= 15 is 0 Å². The molecule has 0 aromatic heterocycles. The minimum absolute atomic E-state index is 0.139. The summed E-state index contributed by atoms with van der Waals surface area (Å²) in [5, 5.41) is 27.2. The first-order chi connectivity index (χ1) is 7.18. The highest BCUT2D eigenvalue weighted by Gasteiger charge is 1.92. The summed E-state index contributed by atoms with van der Waals surface area (Å²) in [7, 11) is 0. The maximum atomic E-state index is 9.87. The lowest BCUT2D eigenvalue weighted by Gasteiger charge is -1.94. The maximum Gasteiger partial charge on any atom is 0.303 e. The molecule has 0 unspecified atom stereocenters. The topological polar surface area (TPSA) is 89.8 Å². The number of aliphatic carboxylic acids is 1. The first-order valence-corrected chi connectivity index (χ1v) is 5.33. The Labute approximate surface area is 91.1 Å². The Kier molecular flexibility index (Phi) is 17.7. The van der Waals surface area contributed by atoms with E-state index in [1.54, 1.807) is 0 Å². The van der Waals surface area contributed by atoms with Crippen LogP contribution in [0.5, 0.6) is 0 Å². The predicted molar refractivity (Wildman–Crippen MR) is 58.8 cm³/mol. The van der Waals surface area contributed by atoms with Gasteiger partial charge in [-0.05, 0) is 6.42 Å². The van der Waals surface area contributed by atoms with E-state index in [9.17, 15) is 4.79 Å². The molecule has 0 fully saturated rings. The summed E-state index contributed by atoms with van der Waals surface area (Å²) in [6.07, 6.45) is 3.28. The fraction of sp³-hybridized carbons (Fsp3) is 0.900. The van der Waals surface area contributed by atoms with E-state index in [1.165, 1.54) is 0 Å². The van der Waals surface area contributed by atoms with Gasteiger partial charge in [-0.15, -0.1) is 0 Å². The molecule has 0 spiro atoms. The summed E-state index contributed by atoms with van der Waals surface area (Å²) in [5.74, 6) is -0.682. The Bertz CT molecular complexity index is 127. The van der Waals surface area contributed by atoms with Crippen LogP contribution in [-0.4, -0.2) is 47.6 Å². The molecule has 0 rings (SSSR count). The minimum atomic E-state index is -0.682. The number of hydrogen-bond donors (Lipinski definition) is 4. The fourth-order valence-corrected chi connectivity index (χ4v) is 0.809. The molecule has 0 radical (unpaired) electrons. The van der Waals surface area contributed by atoms with Gasteiger partial charge in [-0.25, -0.2) is 0 Å². The van der Waals surface area contributed by atoms with Crippen LogP contribution in [0.4, 0.5) is 0 Å². The normalized spacial score (nSPS) is 9.27. The van der Waals surface area contributed by atoms with Crippen LogP contribution in [0.15, 0.2) is 0 Å². The van der Waals surface area contributed by atoms with Gasteiger partial charge in [-0.3, -0.25) is 4.79 Å². The molecule has 0 amide bonds. The zero-order valence-corrected chi connectivity index (χ0v) is 9.41. The van der Waals surface area contributed by atoms with E-state index in [4.69, 9.17) is 15.3 Å². The summed E-state index contributed by atoms with van der Waals surface area (Å²) in [5.41, 5.74) is 0. The molecule has 4 N–H and O–H groups in total. The van der Waals surface area contributed by atoms with Crippen LogP contribution in [0.2, 0.25) is 0 Å². The average Bonchev–Trinajstić information content (AvgIpc) is 2.20. The zero-order valence-electron chi connectivity index (χ0n) is 9.41. The quantitative estimate of drug-likeness (QED) is 0.440. The summed E-state index contributed by atoms with van der Waals surface area (Å²) < 4.78 is 0. The van der Waals surface area contributed by atoms with Crippen LogP contribution in [0.1, 0.15) is 32.6 Å². The summed E-state index contributed by atoms with van der Waals surface area (Å²) in [4.78, 5) is 9.87. The molecule has 15 heavy (non-hydrogen) atoms. The number of aliphatic hydroxyl groups is 2. The number of carbonyl (C=O) groups is 1. The van der Waals surface area contributed by atoms with Crippen LogP contribution in [-0.2, 0) is 4.79 Å². The molecule has 92 valence electrons. The van der Waals surface area contributed by atoms with Crippen LogP contribution >= 0.6 is 0 Å². The van der Waals surface area contributed by atoms with Gasteiger partial charge in [0, 0.05) is 19.5 Å². The van der Waals surface area contributed by atoms with Crippen molar-refractivity contribution in [2.24, 2.45) is 0 Å². The highest BCUT2D eigenvalue weighted by atomic mass is 16.4. The third kappa shape index (κ3) is 24.7. The lowest BCUT2D eigenvalue weighted by molar-refractivity contribution is -0.137. The lowest BCUT2D eigenvalue weighted by atomic mass is 10.2. The number of rotatable bonds is 8. The second-order valence-electron chi connectivity index (χ2n) is 3.05. The van der Waals surface area contributed by atoms with Crippen molar-refractivity contribution in [3.05, 3.63) is 0 Å². The first kappa shape index (κ1) is 16.8. The van der Waals surface area contributed by atoms with E-state index in [2.05, 4.69) is 12.2 Å². The first-order valence-electron chi connectivity index (χ1n) is 5.33. The molecular formula is C10H23NO4. The highest BCUT2D eigenvalue weighted by Crippen LogP contribution is 1.97. The molecule has 0 aromatic carbocycles. The Morgan fingerprint density at radius 2 is 1.67 bits per heavy atom. The predicted octanol–water partition coefficient (Wildman–Crippen LogP) is 0.212. The molecule has 0 aliphatic heterocycles. The maximum absolute atomic E-state index is 9.87. The SMILES string of the molecule is CCCCCC(=O)O.OCCNCCO. The van der Waals surface area contributed by atoms with Crippen molar-refractivity contribution in [2.75, 3.05) is 26.3 Å². The molecule has 5 heteroatoms. The van der Waals surface area contributed by atoms with Crippen LogP contribution < -0.4 is 5.32 Å². The monoisotopic (exact) mass is 221 g/mol. The molecule has 0 heterocycles. The lowest BCUT2D eigenvalue weighted by Crippen LogP contribution is -2.21. The van der Waals surface area contributed by atoms with Gasteiger partial charge in [0.15, 0.2) is 0 Å². The van der Waals surface area contributed by atoms with E-state index < -0.39 is 5.97 Å². The minimum Gasteiger partial charge on any atom is -0.481 e. The van der Waals surface area contributed by atoms with Crippen molar-refractivity contribution >= 4 is 5.97 Å². The molecule has 0 saturated carbocycles. The molecule has 0 bridgehead atoms. The molecule has 0 aromatic rings. The molecule has 0 aliphatic rings. The van der Waals surface area contributed by atoms with Crippen LogP contribution in [0.3, 0.4) is 0 Å². The number of hydrogen-bond acceptors (Lipinski definition) is 4. The standard InChI is InChI=1S/C6H12O2.C4H11NO2/c1-2-3-4-5-6(7)8;6-3-1-5-2-4-7/h2-5H2,1H3,(H,7,8);5-7H,1-4H2. The van der Waals surface area contributed by atoms with Crippen molar-refractivity contribution in [1.82, 2.24) is 5.32 Å². The summed E-state index contributed by atoms with van der Waals surface area (Å²) in [6, 6.07) is 0. The summed E-state index contributed by atoms with van der Waals surface area (Å²) in [6.45, 7) is 3.48. The largest absolute Gasteiger partial charge is 0.481 e. The fourth-order valence-electron chi connectivity index (χ4n) is 0.809. The third-order valence-electron chi connectivity index (χ3n) is 1.57. The average molecular weight is 221 g/mol. The number of nitrogens with one attached hydrogen (secondary N) is 1. The van der Waals surface area contributed by atoms with Gasteiger partial charge in [-0.1, -0.05) is 19.8 Å². The van der Waals surface area contributed by atoms with Gasteiger partial charge < -0.3 is 20.6 Å². The van der Waals surface area contributed by atoms with Gasteiger partial charge in [0.1, 0.15) is 0 Å².